The Kier molecular flexibility index (Phi) is 13.5. The molecule has 28 heavy (non-hydrogen) atoms. The average Bonchev–Trinajstić information content (AvgIpc) is 2.72. The van der Waals surface area contributed by atoms with Crippen LogP contribution in [0, 0.1) is 0 Å². The summed E-state index contributed by atoms with van der Waals surface area (Å²) < 4.78 is 0. The number of ketones is 1. The summed E-state index contributed by atoms with van der Waals surface area (Å²) in [6.45, 7) is 16.1. The van der Waals surface area contributed by atoms with Crippen molar-refractivity contribution in [2.24, 2.45) is 0 Å². The van der Waals surface area contributed by atoms with Gasteiger partial charge in [-0.15, -0.1) is 0 Å². The number of rotatable bonds is 16. The van der Waals surface area contributed by atoms with Crippen LogP contribution in [0.1, 0.15) is 25.7 Å². The Hall–Kier alpha value is -2.96. The third-order valence-corrected chi connectivity index (χ3v) is 4.00. The molecule has 0 aliphatic carbocycles. The van der Waals surface area contributed by atoms with Crippen LogP contribution in [-0.4, -0.2) is 66.0 Å². The van der Waals surface area contributed by atoms with Gasteiger partial charge >= 0.3 is 0 Å². The van der Waals surface area contributed by atoms with Crippen LogP contribution in [0.4, 0.5) is 0 Å². The van der Waals surface area contributed by atoms with Gasteiger partial charge in [-0.1, -0.05) is 26.3 Å². The van der Waals surface area contributed by atoms with Crippen LogP contribution in [0.3, 0.4) is 0 Å². The van der Waals surface area contributed by atoms with Crippen molar-refractivity contribution in [2.75, 3.05) is 32.7 Å². The molecule has 7 heteroatoms. The highest BCUT2D eigenvalue weighted by Gasteiger charge is 2.14. The smallest absolute Gasteiger partial charge is 0.245 e. The summed E-state index contributed by atoms with van der Waals surface area (Å²) >= 11 is 0. The van der Waals surface area contributed by atoms with Crippen LogP contribution in [0.5, 0.6) is 0 Å². The molecule has 0 heterocycles. The molecule has 0 spiro atoms. The Morgan fingerprint density at radius 3 is 1.64 bits per heavy atom. The lowest BCUT2D eigenvalue weighted by molar-refractivity contribution is -0.127. The Bertz CT molecular complexity index is 598. The summed E-state index contributed by atoms with van der Waals surface area (Å²) in [6.07, 6.45) is 7.01. The van der Waals surface area contributed by atoms with Crippen LogP contribution < -0.4 is 5.32 Å². The fraction of sp³-hybridized carbons (Fsp3) is 0.429. The minimum atomic E-state index is -0.255. The Morgan fingerprint density at radius 1 is 0.679 bits per heavy atom. The van der Waals surface area contributed by atoms with Gasteiger partial charge in [-0.25, -0.2) is 0 Å². The van der Waals surface area contributed by atoms with Crippen molar-refractivity contribution in [2.45, 2.75) is 25.7 Å². The first-order chi connectivity index (χ1) is 13.4. The normalized spacial score (nSPS) is 9.71. The molecule has 0 bridgehead atoms. The first-order valence-corrected chi connectivity index (χ1v) is 9.27. The lowest BCUT2D eigenvalue weighted by Gasteiger charge is -2.25. The lowest BCUT2D eigenvalue weighted by atomic mass is 10.2. The van der Waals surface area contributed by atoms with Gasteiger partial charge in [0.05, 0.1) is 0 Å². The van der Waals surface area contributed by atoms with Gasteiger partial charge in [-0.3, -0.25) is 19.2 Å². The Morgan fingerprint density at radius 2 is 1.18 bits per heavy atom. The molecule has 0 saturated heterocycles. The highest BCUT2D eigenvalue weighted by molar-refractivity contribution is 5.89. The molecule has 0 atom stereocenters. The predicted octanol–water partition coefficient (Wildman–Crippen LogP) is 1.63. The fourth-order valence-corrected chi connectivity index (χ4v) is 2.47. The van der Waals surface area contributed by atoms with Crippen molar-refractivity contribution < 1.29 is 19.2 Å². The van der Waals surface area contributed by atoms with Crippen molar-refractivity contribution >= 4 is 23.5 Å². The summed E-state index contributed by atoms with van der Waals surface area (Å²) in [5.74, 6) is -0.722. The first kappa shape index (κ1) is 25.0. The van der Waals surface area contributed by atoms with Crippen molar-refractivity contribution in [3.05, 3.63) is 50.6 Å². The Labute approximate surface area is 167 Å². The van der Waals surface area contributed by atoms with E-state index in [1.54, 1.807) is 9.80 Å². The van der Waals surface area contributed by atoms with Gasteiger partial charge in [-0.2, -0.15) is 0 Å². The van der Waals surface area contributed by atoms with Crippen LogP contribution in [-0.2, 0) is 19.2 Å². The van der Waals surface area contributed by atoms with E-state index in [0.717, 1.165) is 0 Å². The number of carbonyl (C=O) groups excluding carboxylic acids is 4. The van der Waals surface area contributed by atoms with E-state index in [9.17, 15) is 19.2 Å². The highest BCUT2D eigenvalue weighted by atomic mass is 16.2. The number of hydrogen-bond donors (Lipinski definition) is 1. The maximum atomic E-state index is 12.0. The minimum Gasteiger partial charge on any atom is -0.353 e. The van der Waals surface area contributed by atoms with Gasteiger partial charge < -0.3 is 15.1 Å². The SMILES string of the molecule is C=CC(=O)CCCN(CCCN(CCCNC(=O)C=C)C(=O)C=C)C(=O)C=C. The second kappa shape index (κ2) is 15.1. The van der Waals surface area contributed by atoms with Gasteiger partial charge in [-0.05, 0) is 43.6 Å². The largest absolute Gasteiger partial charge is 0.353 e. The van der Waals surface area contributed by atoms with E-state index < -0.39 is 0 Å². The first-order valence-electron chi connectivity index (χ1n) is 9.27. The van der Waals surface area contributed by atoms with E-state index in [1.807, 2.05) is 0 Å². The van der Waals surface area contributed by atoms with Crippen LogP contribution in [0.25, 0.3) is 0 Å². The lowest BCUT2D eigenvalue weighted by Crippen LogP contribution is -2.37. The molecule has 0 aromatic carbocycles. The zero-order chi connectivity index (χ0) is 21.4. The van der Waals surface area contributed by atoms with E-state index >= 15 is 0 Å². The molecule has 0 aromatic rings. The quantitative estimate of drug-likeness (QED) is 0.321. The number of allylic oxidation sites excluding steroid dienone is 1. The van der Waals surface area contributed by atoms with E-state index in [0.29, 0.717) is 58.4 Å². The van der Waals surface area contributed by atoms with E-state index in [2.05, 4.69) is 31.6 Å². The molecular formula is C21H31N3O4. The number of nitrogens with one attached hydrogen (secondary N) is 1. The number of hydrogen-bond acceptors (Lipinski definition) is 4. The van der Waals surface area contributed by atoms with E-state index in [1.165, 1.54) is 24.3 Å². The molecule has 7 nitrogen and oxygen atoms in total. The Balaban J connectivity index is 4.52. The highest BCUT2D eigenvalue weighted by Crippen LogP contribution is 2.03. The zero-order valence-corrected chi connectivity index (χ0v) is 16.5. The summed E-state index contributed by atoms with van der Waals surface area (Å²) in [7, 11) is 0. The summed E-state index contributed by atoms with van der Waals surface area (Å²) in [5.41, 5.74) is 0. The number of nitrogens with zero attached hydrogens (tertiary/aromatic N) is 2. The van der Waals surface area contributed by atoms with Gasteiger partial charge in [0.25, 0.3) is 0 Å². The minimum absolute atomic E-state index is 0.0581. The molecule has 3 amide bonds. The summed E-state index contributed by atoms with van der Waals surface area (Å²) in [4.78, 5) is 49.7. The maximum absolute atomic E-state index is 12.0. The molecule has 0 aromatic heterocycles. The molecular weight excluding hydrogens is 358 g/mol. The molecule has 154 valence electrons. The standard InChI is InChI=1S/C21H31N3O4/c1-5-18(25)12-9-14-23(20(27)7-3)16-11-17-24(21(28)8-4)15-10-13-22-19(26)6-2/h5-8H,1-4,9-17H2,(H,22,26). The number of carbonyl (C=O) groups is 4. The van der Waals surface area contributed by atoms with Gasteiger partial charge in [0, 0.05) is 39.1 Å². The molecule has 0 fully saturated rings. The molecule has 0 aliphatic rings. The topological polar surface area (TPSA) is 86.8 Å². The number of amides is 3. The fourth-order valence-electron chi connectivity index (χ4n) is 2.47. The second-order valence-corrected chi connectivity index (χ2v) is 6.04. The molecule has 0 unspecified atom stereocenters. The third kappa shape index (κ3) is 10.9. The van der Waals surface area contributed by atoms with Crippen LogP contribution >= 0.6 is 0 Å². The van der Waals surface area contributed by atoms with E-state index in [-0.39, 0.29) is 23.5 Å². The molecule has 0 rings (SSSR count). The van der Waals surface area contributed by atoms with E-state index in [4.69, 9.17) is 0 Å². The van der Waals surface area contributed by atoms with Crippen molar-refractivity contribution in [3.8, 4) is 0 Å². The predicted molar refractivity (Wildman–Crippen MR) is 110 cm³/mol. The third-order valence-electron chi connectivity index (χ3n) is 4.00. The van der Waals surface area contributed by atoms with Crippen molar-refractivity contribution in [3.63, 3.8) is 0 Å². The van der Waals surface area contributed by atoms with Crippen molar-refractivity contribution in [1.82, 2.24) is 15.1 Å². The second-order valence-electron chi connectivity index (χ2n) is 6.04. The molecule has 0 aliphatic heterocycles. The molecule has 0 saturated carbocycles. The average molecular weight is 389 g/mol. The van der Waals surface area contributed by atoms with Gasteiger partial charge in [0.2, 0.25) is 17.7 Å². The van der Waals surface area contributed by atoms with Crippen LogP contribution in [0.15, 0.2) is 50.6 Å². The van der Waals surface area contributed by atoms with Crippen LogP contribution in [0.2, 0.25) is 0 Å². The monoisotopic (exact) mass is 389 g/mol. The molecule has 1 N–H and O–H groups in total. The van der Waals surface area contributed by atoms with Gasteiger partial charge in [0.1, 0.15) is 0 Å². The zero-order valence-electron chi connectivity index (χ0n) is 16.5. The van der Waals surface area contributed by atoms with Gasteiger partial charge in [0.15, 0.2) is 5.78 Å². The maximum Gasteiger partial charge on any atom is 0.245 e. The molecule has 0 radical (unpaired) electrons. The van der Waals surface area contributed by atoms with Crippen molar-refractivity contribution in [1.29, 1.82) is 0 Å². The summed E-state index contributed by atoms with van der Waals surface area (Å²) in [6, 6.07) is 0. The summed E-state index contributed by atoms with van der Waals surface area (Å²) in [5, 5.41) is 2.66.